The summed E-state index contributed by atoms with van der Waals surface area (Å²) in [6, 6.07) is -0.493. The lowest BCUT2D eigenvalue weighted by atomic mass is 10.1. The average molecular weight is 330 g/mol. The highest BCUT2D eigenvalue weighted by Crippen LogP contribution is 2.11. The third-order valence-corrected chi connectivity index (χ3v) is 3.73. The van der Waals surface area contributed by atoms with Crippen molar-refractivity contribution < 1.29 is 9.59 Å². The van der Waals surface area contributed by atoms with Crippen molar-refractivity contribution >= 4 is 24.2 Å². The molecule has 1 saturated heterocycles. The number of carbonyl (C=O) groups is 2. The molecule has 0 bridgehead atoms. The van der Waals surface area contributed by atoms with E-state index in [1.165, 1.54) is 6.42 Å². The molecule has 1 aliphatic rings. The van der Waals surface area contributed by atoms with Crippen molar-refractivity contribution in [2.45, 2.75) is 25.3 Å². The van der Waals surface area contributed by atoms with Crippen LogP contribution in [0, 0.1) is 0 Å². The van der Waals surface area contributed by atoms with Crippen LogP contribution in [0.15, 0.2) is 12.4 Å². The number of likely N-dealkylation sites (tertiary alicyclic amines) is 1. The first-order chi connectivity index (χ1) is 10.1. The number of aromatic nitrogens is 2. The molecule has 1 aromatic rings. The molecule has 1 aliphatic heterocycles. The van der Waals surface area contributed by atoms with Gasteiger partial charge in [0, 0.05) is 31.9 Å². The first-order valence-corrected chi connectivity index (χ1v) is 7.33. The standard InChI is InChI=1S/C14H23N5O2.ClH/c1-15-13(11-8-17-18(2)10-11)14(21)16-9-12(20)19-6-4-3-5-7-19;/h8,10,13,15H,3-7,9H2,1-2H3,(H,16,21);1H. The molecule has 0 aromatic carbocycles. The number of nitrogens with one attached hydrogen (secondary N) is 2. The fourth-order valence-electron chi connectivity index (χ4n) is 2.56. The second-order valence-electron chi connectivity index (χ2n) is 5.33. The molecule has 7 nitrogen and oxygen atoms in total. The van der Waals surface area contributed by atoms with Gasteiger partial charge < -0.3 is 15.5 Å². The number of aryl methyl sites for hydroxylation is 1. The molecule has 0 saturated carbocycles. The topological polar surface area (TPSA) is 79.3 Å². The molecule has 8 heteroatoms. The van der Waals surface area contributed by atoms with Crippen LogP contribution in [-0.2, 0) is 16.6 Å². The highest BCUT2D eigenvalue weighted by Gasteiger charge is 2.22. The third kappa shape index (κ3) is 4.71. The predicted octanol–water partition coefficient (Wildman–Crippen LogP) is 0.231. The minimum Gasteiger partial charge on any atom is -0.345 e. The highest BCUT2D eigenvalue weighted by molar-refractivity contribution is 5.88. The van der Waals surface area contributed by atoms with E-state index in [0.29, 0.717) is 0 Å². The van der Waals surface area contributed by atoms with Crippen LogP contribution < -0.4 is 10.6 Å². The van der Waals surface area contributed by atoms with Crippen LogP contribution in [0.2, 0.25) is 0 Å². The summed E-state index contributed by atoms with van der Waals surface area (Å²) >= 11 is 0. The van der Waals surface area contributed by atoms with E-state index in [1.807, 2.05) is 4.90 Å². The Kier molecular flexibility index (Phi) is 7.34. The predicted molar refractivity (Wildman–Crippen MR) is 85.7 cm³/mol. The summed E-state index contributed by atoms with van der Waals surface area (Å²) < 4.78 is 1.64. The zero-order valence-electron chi connectivity index (χ0n) is 13.0. The molecule has 22 heavy (non-hydrogen) atoms. The molecular weight excluding hydrogens is 306 g/mol. The molecule has 2 N–H and O–H groups in total. The summed E-state index contributed by atoms with van der Waals surface area (Å²) in [4.78, 5) is 26.0. The molecule has 1 atom stereocenters. The van der Waals surface area contributed by atoms with Gasteiger partial charge in [0.2, 0.25) is 11.8 Å². The van der Waals surface area contributed by atoms with Crippen molar-refractivity contribution in [3.63, 3.8) is 0 Å². The lowest BCUT2D eigenvalue weighted by Gasteiger charge is -2.27. The molecule has 0 radical (unpaired) electrons. The SMILES string of the molecule is CNC(C(=O)NCC(=O)N1CCCCC1)c1cnn(C)c1.Cl. The molecule has 1 fully saturated rings. The van der Waals surface area contributed by atoms with Gasteiger partial charge in [-0.25, -0.2) is 0 Å². The van der Waals surface area contributed by atoms with E-state index < -0.39 is 6.04 Å². The number of carbonyl (C=O) groups excluding carboxylic acids is 2. The summed E-state index contributed by atoms with van der Waals surface area (Å²) in [7, 11) is 3.51. The number of likely N-dealkylation sites (N-methyl/N-ethyl adjacent to an activating group) is 1. The zero-order chi connectivity index (χ0) is 15.2. The van der Waals surface area contributed by atoms with Gasteiger partial charge in [0.1, 0.15) is 6.04 Å². The molecule has 2 rings (SSSR count). The Morgan fingerprint density at radius 1 is 1.32 bits per heavy atom. The monoisotopic (exact) mass is 329 g/mol. The third-order valence-electron chi connectivity index (χ3n) is 3.73. The van der Waals surface area contributed by atoms with Gasteiger partial charge in [-0.1, -0.05) is 0 Å². The molecule has 0 spiro atoms. The maximum absolute atomic E-state index is 12.2. The maximum Gasteiger partial charge on any atom is 0.242 e. The van der Waals surface area contributed by atoms with Crippen molar-refractivity contribution in [2.75, 3.05) is 26.7 Å². The van der Waals surface area contributed by atoms with Gasteiger partial charge in [0.15, 0.2) is 0 Å². The molecule has 124 valence electrons. The Bertz CT molecular complexity index is 499. The number of rotatable bonds is 5. The van der Waals surface area contributed by atoms with Crippen LogP contribution in [0.1, 0.15) is 30.9 Å². The van der Waals surface area contributed by atoms with Gasteiger partial charge in [0.05, 0.1) is 12.7 Å². The second kappa shape index (κ2) is 8.75. The number of hydrogen-bond acceptors (Lipinski definition) is 4. The van der Waals surface area contributed by atoms with Crippen LogP contribution in [0.3, 0.4) is 0 Å². The van der Waals surface area contributed by atoms with E-state index in [0.717, 1.165) is 31.5 Å². The number of nitrogens with zero attached hydrogens (tertiary/aromatic N) is 3. The van der Waals surface area contributed by atoms with E-state index >= 15 is 0 Å². The van der Waals surface area contributed by atoms with Crippen LogP contribution in [0.5, 0.6) is 0 Å². The summed E-state index contributed by atoms with van der Waals surface area (Å²) in [5.74, 6) is -0.222. The highest BCUT2D eigenvalue weighted by atomic mass is 35.5. The van der Waals surface area contributed by atoms with E-state index in [9.17, 15) is 9.59 Å². The lowest BCUT2D eigenvalue weighted by molar-refractivity contribution is -0.134. The molecular formula is C14H24ClN5O2. The van der Waals surface area contributed by atoms with E-state index in [2.05, 4.69) is 15.7 Å². The summed E-state index contributed by atoms with van der Waals surface area (Å²) in [5, 5.41) is 9.71. The molecule has 2 amide bonds. The van der Waals surface area contributed by atoms with Crippen LogP contribution in [0.4, 0.5) is 0 Å². The molecule has 1 aromatic heterocycles. The van der Waals surface area contributed by atoms with Gasteiger partial charge in [-0.2, -0.15) is 5.10 Å². The summed E-state index contributed by atoms with van der Waals surface area (Å²) in [5.41, 5.74) is 0.780. The second-order valence-corrected chi connectivity index (χ2v) is 5.33. The lowest BCUT2D eigenvalue weighted by Crippen LogP contribution is -2.45. The van der Waals surface area contributed by atoms with Crippen molar-refractivity contribution in [2.24, 2.45) is 7.05 Å². The quantitative estimate of drug-likeness (QED) is 0.810. The van der Waals surface area contributed by atoms with Gasteiger partial charge in [-0.3, -0.25) is 14.3 Å². The molecule has 1 unspecified atom stereocenters. The van der Waals surface area contributed by atoms with Crippen molar-refractivity contribution in [3.05, 3.63) is 18.0 Å². The summed E-state index contributed by atoms with van der Waals surface area (Å²) in [6.45, 7) is 1.65. The largest absolute Gasteiger partial charge is 0.345 e. The normalized spacial score (nSPS) is 15.8. The minimum atomic E-state index is -0.493. The Morgan fingerprint density at radius 2 is 2.00 bits per heavy atom. The first-order valence-electron chi connectivity index (χ1n) is 7.33. The van der Waals surface area contributed by atoms with Crippen molar-refractivity contribution in [3.8, 4) is 0 Å². The Labute approximate surface area is 136 Å². The number of piperidine rings is 1. The Balaban J connectivity index is 0.00000242. The molecule has 2 heterocycles. The fourth-order valence-corrected chi connectivity index (χ4v) is 2.56. The first kappa shape index (κ1) is 18.4. The van der Waals surface area contributed by atoms with Gasteiger partial charge in [-0.05, 0) is 26.3 Å². The molecule has 0 aliphatic carbocycles. The number of halogens is 1. The number of amides is 2. The van der Waals surface area contributed by atoms with Gasteiger partial charge in [0.25, 0.3) is 0 Å². The maximum atomic E-state index is 12.2. The Morgan fingerprint density at radius 3 is 2.55 bits per heavy atom. The summed E-state index contributed by atoms with van der Waals surface area (Å²) in [6.07, 6.45) is 6.71. The Hall–Kier alpha value is -1.60. The fraction of sp³-hybridized carbons (Fsp3) is 0.643. The minimum absolute atomic E-state index is 0. The van der Waals surface area contributed by atoms with E-state index in [4.69, 9.17) is 0 Å². The van der Waals surface area contributed by atoms with Gasteiger partial charge >= 0.3 is 0 Å². The van der Waals surface area contributed by atoms with Gasteiger partial charge in [-0.15, -0.1) is 12.4 Å². The van der Waals surface area contributed by atoms with Crippen LogP contribution in [-0.4, -0.2) is 53.2 Å². The van der Waals surface area contributed by atoms with Crippen LogP contribution in [0.25, 0.3) is 0 Å². The van der Waals surface area contributed by atoms with Crippen LogP contribution >= 0.6 is 12.4 Å². The van der Waals surface area contributed by atoms with E-state index in [1.54, 1.807) is 31.2 Å². The zero-order valence-corrected chi connectivity index (χ0v) is 13.9. The van der Waals surface area contributed by atoms with E-state index in [-0.39, 0.29) is 30.8 Å². The van der Waals surface area contributed by atoms with Crippen molar-refractivity contribution in [1.82, 2.24) is 25.3 Å². The number of hydrogen-bond donors (Lipinski definition) is 2. The van der Waals surface area contributed by atoms with Crippen molar-refractivity contribution in [1.29, 1.82) is 0 Å². The smallest absolute Gasteiger partial charge is 0.242 e. The average Bonchev–Trinajstić information content (AvgIpc) is 2.92.